The molecule has 1 N–H and O–H groups in total. The fourth-order valence-electron chi connectivity index (χ4n) is 2.38. The summed E-state index contributed by atoms with van der Waals surface area (Å²) in [7, 11) is 1.55. The molecule has 0 bridgehead atoms. The second-order valence-corrected chi connectivity index (χ2v) is 5.86. The number of rotatable bonds is 4. The molecule has 0 fully saturated rings. The highest BCUT2D eigenvalue weighted by Gasteiger charge is 2.21. The molecule has 6 nitrogen and oxygen atoms in total. The third kappa shape index (κ3) is 4.23. The summed E-state index contributed by atoms with van der Waals surface area (Å²) in [5.74, 6) is 1.05. The number of nitrogens with zero attached hydrogens (tertiary/aromatic N) is 2. The maximum absolute atomic E-state index is 12.2. The first-order chi connectivity index (χ1) is 12.0. The zero-order valence-corrected chi connectivity index (χ0v) is 14.2. The lowest BCUT2D eigenvalue weighted by molar-refractivity contribution is -0.130. The van der Waals surface area contributed by atoms with Gasteiger partial charge in [0.05, 0.1) is 0 Å². The number of benzene rings is 2. The Balaban J connectivity index is 1.62. The van der Waals surface area contributed by atoms with Crippen LogP contribution in [0.4, 0.5) is 5.69 Å². The van der Waals surface area contributed by atoms with Crippen molar-refractivity contribution in [1.29, 1.82) is 0 Å². The van der Waals surface area contributed by atoms with Crippen molar-refractivity contribution in [3.8, 4) is 11.5 Å². The molecule has 1 heterocycles. The molecule has 2 aromatic carbocycles. The van der Waals surface area contributed by atoms with Gasteiger partial charge >= 0.3 is 0 Å². The lowest BCUT2D eigenvalue weighted by Gasteiger charge is -2.18. The highest BCUT2D eigenvalue weighted by atomic mass is 16.5. The van der Waals surface area contributed by atoms with Gasteiger partial charge in [-0.25, -0.2) is 5.01 Å². The monoisotopic (exact) mass is 337 g/mol. The van der Waals surface area contributed by atoms with Crippen molar-refractivity contribution in [3.63, 3.8) is 0 Å². The second kappa shape index (κ2) is 7.17. The molecule has 0 radical (unpaired) electrons. The molecule has 0 saturated carbocycles. The first-order valence-electron chi connectivity index (χ1n) is 8.01. The van der Waals surface area contributed by atoms with Crippen LogP contribution in [0, 0.1) is 6.92 Å². The van der Waals surface area contributed by atoms with Crippen LogP contribution in [0.25, 0.3) is 0 Å². The molecular weight excluding hydrogens is 318 g/mol. The summed E-state index contributed by atoms with van der Waals surface area (Å²) in [6.45, 7) is 2.02. The summed E-state index contributed by atoms with van der Waals surface area (Å²) in [6, 6.07) is 14.9. The van der Waals surface area contributed by atoms with Crippen molar-refractivity contribution in [3.05, 3.63) is 54.1 Å². The highest BCUT2D eigenvalue weighted by molar-refractivity contribution is 6.43. The normalized spacial score (nSPS) is 14.1. The fourth-order valence-corrected chi connectivity index (χ4v) is 2.38. The third-order valence-corrected chi connectivity index (χ3v) is 3.84. The minimum absolute atomic E-state index is 0.0887. The van der Waals surface area contributed by atoms with E-state index in [0.29, 0.717) is 30.0 Å². The van der Waals surface area contributed by atoms with E-state index in [1.165, 1.54) is 10.6 Å². The average Bonchev–Trinajstić information content (AvgIpc) is 2.61. The number of amides is 2. The molecule has 0 spiro atoms. The molecule has 0 aromatic heterocycles. The quantitative estimate of drug-likeness (QED) is 0.930. The first kappa shape index (κ1) is 16.7. The minimum Gasteiger partial charge on any atom is -0.457 e. The molecule has 0 saturated heterocycles. The largest absolute Gasteiger partial charge is 0.457 e. The van der Waals surface area contributed by atoms with E-state index in [0.717, 1.165) is 5.75 Å². The number of hydrogen-bond acceptors (Lipinski definition) is 4. The molecular formula is C19H19N3O3. The molecule has 25 heavy (non-hydrogen) atoms. The smallest absolute Gasteiger partial charge is 0.271 e. The Labute approximate surface area is 146 Å². The molecule has 3 rings (SSSR count). The van der Waals surface area contributed by atoms with Crippen molar-refractivity contribution in [2.75, 3.05) is 12.4 Å². The van der Waals surface area contributed by atoms with Crippen LogP contribution >= 0.6 is 0 Å². The van der Waals surface area contributed by atoms with Crippen LogP contribution in [-0.4, -0.2) is 29.6 Å². The standard InChI is InChI=1S/C19H19N3O3/c1-13-3-7-15(8-4-13)25-16-9-5-14(6-10-16)20-19(24)17-11-12-18(23)22(2)21-17/h3-10H,11-12H2,1-2H3,(H,20,24). The number of ether oxygens (including phenoxy) is 1. The van der Waals surface area contributed by atoms with Crippen LogP contribution in [0.15, 0.2) is 53.6 Å². The molecule has 2 aromatic rings. The Morgan fingerprint density at radius 3 is 2.24 bits per heavy atom. The van der Waals surface area contributed by atoms with E-state index in [9.17, 15) is 9.59 Å². The SMILES string of the molecule is Cc1ccc(Oc2ccc(NC(=O)C3=NN(C)C(=O)CC3)cc2)cc1. The molecule has 128 valence electrons. The summed E-state index contributed by atoms with van der Waals surface area (Å²) in [5, 5.41) is 7.99. The zero-order valence-electron chi connectivity index (χ0n) is 14.2. The van der Waals surface area contributed by atoms with Crippen molar-refractivity contribution in [2.45, 2.75) is 19.8 Å². The van der Waals surface area contributed by atoms with Gasteiger partial charge < -0.3 is 10.1 Å². The Kier molecular flexibility index (Phi) is 4.79. The topological polar surface area (TPSA) is 71.0 Å². The van der Waals surface area contributed by atoms with Crippen LogP contribution in [-0.2, 0) is 9.59 Å². The van der Waals surface area contributed by atoms with Crippen LogP contribution < -0.4 is 10.1 Å². The third-order valence-electron chi connectivity index (χ3n) is 3.84. The predicted molar refractivity (Wildman–Crippen MR) is 95.8 cm³/mol. The number of nitrogens with one attached hydrogen (secondary N) is 1. The summed E-state index contributed by atoms with van der Waals surface area (Å²) in [4.78, 5) is 23.6. The summed E-state index contributed by atoms with van der Waals surface area (Å²) in [5.41, 5.74) is 2.16. The van der Waals surface area contributed by atoms with E-state index < -0.39 is 0 Å². The van der Waals surface area contributed by atoms with Gasteiger partial charge in [-0.05, 0) is 43.3 Å². The average molecular weight is 337 g/mol. The van der Waals surface area contributed by atoms with Gasteiger partial charge in [-0.1, -0.05) is 17.7 Å². The molecule has 0 atom stereocenters. The summed E-state index contributed by atoms with van der Waals surface area (Å²) >= 11 is 0. The Morgan fingerprint density at radius 2 is 1.64 bits per heavy atom. The van der Waals surface area contributed by atoms with Crippen LogP contribution in [0.2, 0.25) is 0 Å². The van der Waals surface area contributed by atoms with E-state index in [1.54, 1.807) is 31.3 Å². The van der Waals surface area contributed by atoms with Crippen molar-refractivity contribution < 1.29 is 14.3 Å². The minimum atomic E-state index is -0.299. The molecule has 0 unspecified atom stereocenters. The van der Waals surface area contributed by atoms with E-state index in [-0.39, 0.29) is 11.8 Å². The number of hydrogen-bond donors (Lipinski definition) is 1. The van der Waals surface area contributed by atoms with Crippen molar-refractivity contribution >= 4 is 23.2 Å². The lowest BCUT2D eigenvalue weighted by Crippen LogP contribution is -2.34. The van der Waals surface area contributed by atoms with E-state index in [1.807, 2.05) is 31.2 Å². The lowest BCUT2D eigenvalue weighted by atomic mass is 10.1. The molecule has 6 heteroatoms. The highest BCUT2D eigenvalue weighted by Crippen LogP contribution is 2.23. The summed E-state index contributed by atoms with van der Waals surface area (Å²) in [6.07, 6.45) is 0.649. The van der Waals surface area contributed by atoms with Gasteiger partial charge in [0.1, 0.15) is 17.2 Å². The van der Waals surface area contributed by atoms with E-state index in [4.69, 9.17) is 4.74 Å². The van der Waals surface area contributed by atoms with Crippen LogP contribution in [0.3, 0.4) is 0 Å². The first-order valence-corrected chi connectivity index (χ1v) is 8.01. The van der Waals surface area contributed by atoms with Crippen molar-refractivity contribution in [2.24, 2.45) is 5.10 Å². The number of carbonyl (C=O) groups is 2. The number of carbonyl (C=O) groups excluding carboxylic acids is 2. The van der Waals surface area contributed by atoms with E-state index in [2.05, 4.69) is 10.4 Å². The second-order valence-electron chi connectivity index (χ2n) is 5.86. The van der Waals surface area contributed by atoms with Gasteiger partial charge in [0.2, 0.25) is 5.91 Å². The maximum Gasteiger partial charge on any atom is 0.271 e. The number of hydrazone groups is 1. The summed E-state index contributed by atoms with van der Waals surface area (Å²) < 4.78 is 5.75. The Morgan fingerprint density at radius 1 is 1.04 bits per heavy atom. The Bertz CT molecular complexity index is 811. The maximum atomic E-state index is 12.2. The van der Waals surface area contributed by atoms with E-state index >= 15 is 0 Å². The van der Waals surface area contributed by atoms with Gasteiger partial charge in [0.15, 0.2) is 0 Å². The van der Waals surface area contributed by atoms with Crippen molar-refractivity contribution in [1.82, 2.24) is 5.01 Å². The predicted octanol–water partition coefficient (Wildman–Crippen LogP) is 3.33. The molecule has 2 amide bonds. The Hall–Kier alpha value is -3.15. The van der Waals surface area contributed by atoms with Crippen LogP contribution in [0.5, 0.6) is 11.5 Å². The number of aryl methyl sites for hydroxylation is 1. The zero-order chi connectivity index (χ0) is 17.8. The van der Waals surface area contributed by atoms with Gasteiger partial charge in [-0.2, -0.15) is 5.10 Å². The van der Waals surface area contributed by atoms with Crippen LogP contribution in [0.1, 0.15) is 18.4 Å². The van der Waals surface area contributed by atoms with Gasteiger partial charge in [-0.3, -0.25) is 9.59 Å². The van der Waals surface area contributed by atoms with Gasteiger partial charge in [-0.15, -0.1) is 0 Å². The number of anilines is 1. The molecule has 1 aliphatic heterocycles. The molecule has 1 aliphatic rings. The van der Waals surface area contributed by atoms with Gasteiger partial charge in [0.25, 0.3) is 5.91 Å². The van der Waals surface area contributed by atoms with Gasteiger partial charge in [0, 0.05) is 25.6 Å². The molecule has 0 aliphatic carbocycles. The fraction of sp³-hybridized carbons (Fsp3) is 0.211.